The van der Waals surface area contributed by atoms with Crippen LogP contribution in [0.1, 0.15) is 9.67 Å². The molecule has 1 aromatic carbocycles. The molecule has 0 saturated carbocycles. The number of benzene rings is 1. The third-order valence-electron chi connectivity index (χ3n) is 3.75. The van der Waals surface area contributed by atoms with E-state index in [1.807, 2.05) is 19.0 Å². The van der Waals surface area contributed by atoms with E-state index in [-0.39, 0.29) is 10.6 Å². The molecular weight excluding hydrogens is 380 g/mol. The molecule has 7 nitrogen and oxygen atoms in total. The van der Waals surface area contributed by atoms with E-state index in [9.17, 15) is 18.4 Å². The summed E-state index contributed by atoms with van der Waals surface area (Å²) in [6.07, 6.45) is 0. The van der Waals surface area contributed by atoms with Crippen molar-refractivity contribution in [1.29, 1.82) is 0 Å². The molecule has 0 radical (unpaired) electrons. The smallest absolute Gasteiger partial charge is 0.419 e. The zero-order valence-electron chi connectivity index (χ0n) is 14.6. The highest BCUT2D eigenvalue weighted by Crippen LogP contribution is 2.28. The van der Waals surface area contributed by atoms with Crippen molar-refractivity contribution >= 4 is 34.0 Å². The summed E-state index contributed by atoms with van der Waals surface area (Å²) < 4.78 is 35.9. The van der Waals surface area contributed by atoms with Gasteiger partial charge in [-0.3, -0.25) is 9.36 Å². The molecule has 0 aliphatic carbocycles. The van der Waals surface area contributed by atoms with Crippen LogP contribution in [-0.4, -0.2) is 42.6 Å². The molecule has 27 heavy (non-hydrogen) atoms. The molecule has 0 atom stereocenters. The van der Waals surface area contributed by atoms with Gasteiger partial charge in [0.15, 0.2) is 5.58 Å². The van der Waals surface area contributed by atoms with Gasteiger partial charge >= 0.3 is 12.4 Å². The molecule has 1 amide bonds. The normalized spacial score (nSPS) is 11.5. The summed E-state index contributed by atoms with van der Waals surface area (Å²) in [6, 6.07) is 6.06. The van der Waals surface area contributed by atoms with Crippen molar-refractivity contribution in [3.05, 3.63) is 45.1 Å². The number of aromatic nitrogens is 1. The van der Waals surface area contributed by atoms with Crippen LogP contribution in [0, 0.1) is 0 Å². The first kappa shape index (κ1) is 19.1. The van der Waals surface area contributed by atoms with Crippen molar-refractivity contribution in [2.75, 3.05) is 26.0 Å². The van der Waals surface area contributed by atoms with E-state index >= 15 is 0 Å². The Bertz CT molecular complexity index is 1010. The minimum absolute atomic E-state index is 0.0348. The van der Waals surface area contributed by atoms with Gasteiger partial charge in [0.2, 0.25) is 0 Å². The number of anilines is 1. The molecule has 0 bridgehead atoms. The first-order valence-electron chi connectivity index (χ1n) is 7.97. The minimum atomic E-state index is -3.01. The predicted molar refractivity (Wildman–Crippen MR) is 97.9 cm³/mol. The second-order valence-electron chi connectivity index (χ2n) is 5.95. The Labute approximate surface area is 156 Å². The average Bonchev–Trinajstić information content (AvgIpc) is 3.16. The van der Waals surface area contributed by atoms with Crippen LogP contribution < -0.4 is 15.8 Å². The lowest BCUT2D eigenvalue weighted by Gasteiger charge is -2.10. The average molecular weight is 397 g/mol. The molecule has 0 spiro atoms. The van der Waals surface area contributed by atoms with Crippen molar-refractivity contribution in [2.24, 2.45) is 0 Å². The Kier molecular flexibility index (Phi) is 5.57. The summed E-state index contributed by atoms with van der Waals surface area (Å²) in [5.41, 5.74) is 1.34. The number of nitrogens with one attached hydrogen (secondary N) is 1. The number of carbonyl (C=O) groups is 1. The molecule has 0 unspecified atom stereocenters. The van der Waals surface area contributed by atoms with Gasteiger partial charge in [-0.1, -0.05) is 0 Å². The third kappa shape index (κ3) is 4.34. The van der Waals surface area contributed by atoms with Gasteiger partial charge in [0, 0.05) is 18.8 Å². The largest absolute Gasteiger partial charge is 0.433 e. The maximum absolute atomic E-state index is 12.4. The van der Waals surface area contributed by atoms with Crippen LogP contribution in [0.5, 0.6) is 5.75 Å². The number of amides is 1. The van der Waals surface area contributed by atoms with E-state index in [1.54, 1.807) is 18.2 Å². The fraction of sp³-hybridized carbons (Fsp3) is 0.294. The number of nitrogens with zero attached hydrogens (tertiary/aromatic N) is 2. The van der Waals surface area contributed by atoms with Gasteiger partial charge in [-0.15, -0.1) is 11.3 Å². The van der Waals surface area contributed by atoms with Gasteiger partial charge in [-0.05, 0) is 43.7 Å². The monoisotopic (exact) mass is 397 g/mol. The number of fused-ring (bicyclic) bond motifs is 1. The van der Waals surface area contributed by atoms with Crippen LogP contribution in [0.4, 0.5) is 14.5 Å². The van der Waals surface area contributed by atoms with Crippen molar-refractivity contribution in [1.82, 2.24) is 9.47 Å². The zero-order chi connectivity index (χ0) is 19.6. The fourth-order valence-corrected chi connectivity index (χ4v) is 3.21. The second kappa shape index (κ2) is 7.89. The first-order valence-corrected chi connectivity index (χ1v) is 8.85. The molecule has 3 rings (SSSR count). The first-order chi connectivity index (χ1) is 12.8. The molecule has 2 heterocycles. The van der Waals surface area contributed by atoms with E-state index in [2.05, 4.69) is 10.1 Å². The van der Waals surface area contributed by atoms with Crippen molar-refractivity contribution < 1.29 is 22.7 Å². The number of thiophene rings is 1. The van der Waals surface area contributed by atoms with Gasteiger partial charge in [-0.25, -0.2) is 4.79 Å². The number of carbonyl (C=O) groups excluding carboxylic acids is 1. The van der Waals surface area contributed by atoms with Crippen LogP contribution in [0.15, 0.2) is 38.9 Å². The number of rotatable bonds is 7. The summed E-state index contributed by atoms with van der Waals surface area (Å²) in [7, 11) is 3.78. The van der Waals surface area contributed by atoms with Gasteiger partial charge in [0.1, 0.15) is 10.6 Å². The molecule has 0 aliphatic heterocycles. The molecule has 0 saturated heterocycles. The van der Waals surface area contributed by atoms with Crippen LogP contribution in [0.2, 0.25) is 0 Å². The maximum Gasteiger partial charge on any atom is 0.419 e. The van der Waals surface area contributed by atoms with Crippen LogP contribution in [0.3, 0.4) is 0 Å². The number of alkyl halides is 2. The standard InChI is InChI=1S/C17H17F2N3O4S/c1-21(2)6-7-22-11-9-10(3-4-12(11)26-17(22)24)20-15(23)14-13(5-8-27-14)25-16(18)19/h3-5,8-9,16H,6-7H2,1-2H3,(H,20,23). The Morgan fingerprint density at radius 3 is 2.85 bits per heavy atom. The predicted octanol–water partition coefficient (Wildman–Crippen LogP) is 3.07. The quantitative estimate of drug-likeness (QED) is 0.663. The second-order valence-corrected chi connectivity index (χ2v) is 6.87. The summed E-state index contributed by atoms with van der Waals surface area (Å²) >= 11 is 0.991. The highest BCUT2D eigenvalue weighted by molar-refractivity contribution is 7.12. The summed E-state index contributed by atoms with van der Waals surface area (Å²) in [6.45, 7) is -1.96. The van der Waals surface area contributed by atoms with E-state index in [4.69, 9.17) is 4.42 Å². The Hall–Kier alpha value is -2.72. The van der Waals surface area contributed by atoms with Gasteiger partial charge in [0.05, 0.1) is 5.52 Å². The molecule has 1 N–H and O–H groups in total. The molecule has 3 aromatic rings. The number of likely N-dealkylation sites (N-methyl/N-ethyl adjacent to an activating group) is 1. The third-order valence-corrected chi connectivity index (χ3v) is 4.64. The summed E-state index contributed by atoms with van der Waals surface area (Å²) in [4.78, 5) is 26.4. The lowest BCUT2D eigenvalue weighted by Crippen LogP contribution is -2.23. The Balaban J connectivity index is 1.85. The lowest BCUT2D eigenvalue weighted by molar-refractivity contribution is -0.0498. The van der Waals surface area contributed by atoms with E-state index in [1.165, 1.54) is 16.0 Å². The topological polar surface area (TPSA) is 76.7 Å². The SMILES string of the molecule is CN(C)CCn1c(=O)oc2ccc(NC(=O)c3sccc3OC(F)F)cc21. The minimum Gasteiger partial charge on any atom is -0.433 e. The van der Waals surface area contributed by atoms with E-state index in [0.29, 0.717) is 29.9 Å². The highest BCUT2D eigenvalue weighted by atomic mass is 32.1. The molecular formula is C17H17F2N3O4S. The molecule has 10 heteroatoms. The van der Waals surface area contributed by atoms with Gasteiger partial charge < -0.3 is 19.4 Å². The number of hydrogen-bond acceptors (Lipinski definition) is 6. The summed E-state index contributed by atoms with van der Waals surface area (Å²) in [5.74, 6) is -1.24. The van der Waals surface area contributed by atoms with Crippen LogP contribution >= 0.6 is 11.3 Å². The van der Waals surface area contributed by atoms with Gasteiger partial charge in [-0.2, -0.15) is 8.78 Å². The number of hydrogen-bond donors (Lipinski definition) is 1. The van der Waals surface area contributed by atoms with Crippen LogP contribution in [-0.2, 0) is 6.54 Å². The highest BCUT2D eigenvalue weighted by Gasteiger charge is 2.18. The molecule has 0 aliphatic rings. The number of ether oxygens (including phenoxy) is 1. The molecule has 0 fully saturated rings. The molecule has 2 aromatic heterocycles. The van der Waals surface area contributed by atoms with Crippen molar-refractivity contribution in [3.8, 4) is 5.75 Å². The Morgan fingerprint density at radius 1 is 1.37 bits per heavy atom. The van der Waals surface area contributed by atoms with E-state index < -0.39 is 18.3 Å². The van der Waals surface area contributed by atoms with Gasteiger partial charge in [0.25, 0.3) is 5.91 Å². The Morgan fingerprint density at radius 2 is 2.15 bits per heavy atom. The van der Waals surface area contributed by atoms with Crippen LogP contribution in [0.25, 0.3) is 11.1 Å². The zero-order valence-corrected chi connectivity index (χ0v) is 15.4. The maximum atomic E-state index is 12.4. The van der Waals surface area contributed by atoms with Crippen molar-refractivity contribution in [3.63, 3.8) is 0 Å². The van der Waals surface area contributed by atoms with E-state index in [0.717, 1.165) is 11.3 Å². The van der Waals surface area contributed by atoms with Crippen molar-refractivity contribution in [2.45, 2.75) is 13.2 Å². The summed E-state index contributed by atoms with van der Waals surface area (Å²) in [5, 5.41) is 4.12. The number of halogens is 2. The number of oxazole rings is 1. The molecule has 144 valence electrons. The fourth-order valence-electron chi connectivity index (χ4n) is 2.49. The lowest BCUT2D eigenvalue weighted by atomic mass is 10.2.